The van der Waals surface area contributed by atoms with Gasteiger partial charge in [-0.1, -0.05) is 18.2 Å². The largest absolute Gasteiger partial charge is 0.416 e. The molecule has 0 saturated carbocycles. The summed E-state index contributed by atoms with van der Waals surface area (Å²) in [6.07, 6.45) is -2.80. The van der Waals surface area contributed by atoms with E-state index in [1.165, 1.54) is 24.3 Å². The van der Waals surface area contributed by atoms with E-state index in [1.54, 1.807) is 10.9 Å². The number of carbonyl (C=O) groups is 1. The number of hydrogen-bond acceptors (Lipinski definition) is 2. The van der Waals surface area contributed by atoms with Crippen molar-refractivity contribution in [2.45, 2.75) is 26.2 Å². The molecule has 7 heteroatoms. The van der Waals surface area contributed by atoms with Crippen LogP contribution in [0.25, 0.3) is 0 Å². The summed E-state index contributed by atoms with van der Waals surface area (Å²) in [6.45, 7) is 2.28. The maximum absolute atomic E-state index is 12.8. The number of alkyl halides is 3. The molecule has 1 heterocycles. The van der Waals surface area contributed by atoms with Crippen LogP contribution in [-0.2, 0) is 19.3 Å². The number of aryl methyl sites for hydroxylation is 1. The van der Waals surface area contributed by atoms with Crippen LogP contribution in [0.4, 0.5) is 13.2 Å². The second kappa shape index (κ2) is 5.99. The third-order valence-corrected chi connectivity index (χ3v) is 2.96. The summed E-state index contributed by atoms with van der Waals surface area (Å²) in [4.78, 5) is 11.8. The zero-order valence-electron chi connectivity index (χ0n) is 11.3. The predicted octanol–water partition coefficient (Wildman–Crippen LogP) is 2.85. The topological polar surface area (TPSA) is 46.9 Å². The lowest BCUT2D eigenvalue weighted by Gasteiger charge is -2.12. The quantitative estimate of drug-likeness (QED) is 0.943. The molecular formula is C14H14F3N3O. The summed E-state index contributed by atoms with van der Waals surface area (Å²) in [5.74, 6) is -0.501. The molecule has 21 heavy (non-hydrogen) atoms. The summed E-state index contributed by atoms with van der Waals surface area (Å²) in [5, 5.41) is 6.44. The van der Waals surface area contributed by atoms with Crippen molar-refractivity contribution < 1.29 is 18.0 Å². The fourth-order valence-corrected chi connectivity index (χ4v) is 1.88. The number of nitrogens with one attached hydrogen (secondary N) is 1. The van der Waals surface area contributed by atoms with Gasteiger partial charge < -0.3 is 5.32 Å². The number of halogens is 3. The number of benzene rings is 1. The molecule has 0 unspecified atom stereocenters. The molecule has 0 spiro atoms. The van der Waals surface area contributed by atoms with E-state index in [-0.39, 0.29) is 17.8 Å². The zero-order valence-corrected chi connectivity index (χ0v) is 11.3. The van der Waals surface area contributed by atoms with Crippen LogP contribution in [0, 0.1) is 0 Å². The second-order valence-electron chi connectivity index (χ2n) is 4.39. The Morgan fingerprint density at radius 1 is 1.29 bits per heavy atom. The highest BCUT2D eigenvalue weighted by Gasteiger charge is 2.32. The van der Waals surface area contributed by atoms with Gasteiger partial charge in [0.2, 0.25) is 0 Å². The predicted molar refractivity (Wildman–Crippen MR) is 70.5 cm³/mol. The van der Waals surface area contributed by atoms with Crippen LogP contribution in [0.15, 0.2) is 36.5 Å². The monoisotopic (exact) mass is 297 g/mol. The summed E-state index contributed by atoms with van der Waals surface area (Å²) in [6, 6.07) is 6.68. The third-order valence-electron chi connectivity index (χ3n) is 2.96. The van der Waals surface area contributed by atoms with Gasteiger partial charge in [0, 0.05) is 19.3 Å². The molecule has 112 valence electrons. The first-order chi connectivity index (χ1) is 9.91. The number of aromatic nitrogens is 2. The Kier molecular flexibility index (Phi) is 4.30. The second-order valence-corrected chi connectivity index (χ2v) is 4.39. The third kappa shape index (κ3) is 3.62. The Bertz CT molecular complexity index is 634. The molecule has 0 saturated heterocycles. The van der Waals surface area contributed by atoms with Crippen molar-refractivity contribution in [2.24, 2.45) is 0 Å². The molecule has 0 radical (unpaired) electrons. The Hall–Kier alpha value is -2.31. The molecule has 4 nitrogen and oxygen atoms in total. The smallest absolute Gasteiger partial charge is 0.347 e. The van der Waals surface area contributed by atoms with E-state index >= 15 is 0 Å². The van der Waals surface area contributed by atoms with Crippen molar-refractivity contribution in [3.63, 3.8) is 0 Å². The van der Waals surface area contributed by atoms with Gasteiger partial charge in [-0.05, 0) is 24.6 Å². The molecule has 2 rings (SSSR count). The average molecular weight is 297 g/mol. The van der Waals surface area contributed by atoms with Crippen molar-refractivity contribution >= 4 is 5.91 Å². The van der Waals surface area contributed by atoms with E-state index in [9.17, 15) is 18.0 Å². The van der Waals surface area contributed by atoms with E-state index < -0.39 is 17.6 Å². The minimum Gasteiger partial charge on any atom is -0.347 e. The van der Waals surface area contributed by atoms with Gasteiger partial charge in [-0.25, -0.2) is 0 Å². The Labute approximate surface area is 119 Å². The van der Waals surface area contributed by atoms with Crippen LogP contribution in [0.5, 0.6) is 0 Å². The van der Waals surface area contributed by atoms with E-state index in [2.05, 4.69) is 10.4 Å². The summed E-state index contributed by atoms with van der Waals surface area (Å²) in [5.41, 5.74) is -0.543. The van der Waals surface area contributed by atoms with Gasteiger partial charge in [-0.2, -0.15) is 18.3 Å². The number of hydrogen-bond donors (Lipinski definition) is 1. The molecule has 1 N–H and O–H groups in total. The van der Waals surface area contributed by atoms with Crippen LogP contribution in [-0.4, -0.2) is 15.7 Å². The normalized spacial score (nSPS) is 11.4. The highest BCUT2D eigenvalue weighted by Crippen LogP contribution is 2.31. The van der Waals surface area contributed by atoms with Gasteiger partial charge in [0.15, 0.2) is 0 Å². The minimum atomic E-state index is -4.44. The summed E-state index contributed by atoms with van der Waals surface area (Å²) in [7, 11) is 0. The van der Waals surface area contributed by atoms with Crippen molar-refractivity contribution in [1.29, 1.82) is 0 Å². The molecule has 0 atom stereocenters. The van der Waals surface area contributed by atoms with Crippen LogP contribution < -0.4 is 5.32 Å². The Morgan fingerprint density at radius 3 is 2.62 bits per heavy atom. The first kappa shape index (κ1) is 15.1. The molecule has 0 aliphatic rings. The molecular weight excluding hydrogens is 283 g/mol. The SMILES string of the molecule is CCn1ccc(C(=O)NCc2ccccc2C(F)(F)F)n1. The van der Waals surface area contributed by atoms with Crippen LogP contribution in [0.2, 0.25) is 0 Å². The number of carbonyl (C=O) groups excluding carboxylic acids is 1. The standard InChI is InChI=1S/C14H14F3N3O/c1-2-20-8-7-12(19-20)13(21)18-9-10-5-3-4-6-11(10)14(15,16)17/h3-8H,2,9H2,1H3,(H,18,21). The first-order valence-corrected chi connectivity index (χ1v) is 6.38. The summed E-state index contributed by atoms with van der Waals surface area (Å²) >= 11 is 0. The van der Waals surface area contributed by atoms with Crippen LogP contribution >= 0.6 is 0 Å². The molecule has 0 fully saturated rings. The van der Waals surface area contributed by atoms with E-state index in [0.29, 0.717) is 6.54 Å². The van der Waals surface area contributed by atoms with Gasteiger partial charge in [0.05, 0.1) is 5.56 Å². The molecule has 1 amide bonds. The van der Waals surface area contributed by atoms with Gasteiger partial charge in [-0.15, -0.1) is 0 Å². The van der Waals surface area contributed by atoms with E-state index in [4.69, 9.17) is 0 Å². The van der Waals surface area contributed by atoms with Gasteiger partial charge in [0.25, 0.3) is 5.91 Å². The van der Waals surface area contributed by atoms with Gasteiger partial charge in [-0.3, -0.25) is 9.48 Å². The number of nitrogens with zero attached hydrogens (tertiary/aromatic N) is 2. The van der Waals surface area contributed by atoms with Crippen molar-refractivity contribution in [3.05, 3.63) is 53.3 Å². The van der Waals surface area contributed by atoms with Crippen LogP contribution in [0.1, 0.15) is 28.5 Å². The summed E-state index contributed by atoms with van der Waals surface area (Å²) < 4.78 is 40.0. The van der Waals surface area contributed by atoms with Crippen LogP contribution in [0.3, 0.4) is 0 Å². The molecule has 0 aliphatic heterocycles. The molecule has 0 bridgehead atoms. The zero-order chi connectivity index (χ0) is 15.5. The molecule has 1 aromatic heterocycles. The fourth-order valence-electron chi connectivity index (χ4n) is 1.88. The van der Waals surface area contributed by atoms with Crippen molar-refractivity contribution in [3.8, 4) is 0 Å². The number of amides is 1. The lowest BCUT2D eigenvalue weighted by molar-refractivity contribution is -0.138. The first-order valence-electron chi connectivity index (χ1n) is 6.38. The van der Waals surface area contributed by atoms with E-state index in [1.807, 2.05) is 6.92 Å². The van der Waals surface area contributed by atoms with E-state index in [0.717, 1.165) is 6.07 Å². The molecule has 1 aromatic carbocycles. The highest BCUT2D eigenvalue weighted by molar-refractivity contribution is 5.92. The van der Waals surface area contributed by atoms with Crippen molar-refractivity contribution in [2.75, 3.05) is 0 Å². The minimum absolute atomic E-state index is 0.0216. The Balaban J connectivity index is 2.08. The number of rotatable bonds is 4. The maximum Gasteiger partial charge on any atom is 0.416 e. The average Bonchev–Trinajstić information content (AvgIpc) is 2.93. The van der Waals surface area contributed by atoms with Gasteiger partial charge >= 0.3 is 6.18 Å². The lowest BCUT2D eigenvalue weighted by atomic mass is 10.1. The molecule has 0 aliphatic carbocycles. The van der Waals surface area contributed by atoms with Gasteiger partial charge in [0.1, 0.15) is 5.69 Å². The highest BCUT2D eigenvalue weighted by atomic mass is 19.4. The molecule has 2 aromatic rings. The maximum atomic E-state index is 12.8. The van der Waals surface area contributed by atoms with Crippen molar-refractivity contribution in [1.82, 2.24) is 15.1 Å². The Morgan fingerprint density at radius 2 is 2.00 bits per heavy atom. The lowest BCUT2D eigenvalue weighted by Crippen LogP contribution is -2.25. The fraction of sp³-hybridized carbons (Fsp3) is 0.286.